The van der Waals surface area contributed by atoms with Gasteiger partial charge in [-0.25, -0.2) is 0 Å². The summed E-state index contributed by atoms with van der Waals surface area (Å²) in [4.78, 5) is 25.3. The van der Waals surface area contributed by atoms with Gasteiger partial charge in [0.25, 0.3) is 5.91 Å². The molecular weight excluding hydrogens is 270 g/mol. The average molecular weight is 291 g/mol. The topological polar surface area (TPSA) is 55.8 Å². The lowest BCUT2D eigenvalue weighted by Crippen LogP contribution is -2.41. The SMILES string of the molecule is C=CCOc1ccc(C(=O)N(CC(=O)OC)C(C)C)cc1. The Bertz CT molecular complexity index is 494. The lowest BCUT2D eigenvalue weighted by atomic mass is 10.1. The van der Waals surface area contributed by atoms with E-state index >= 15 is 0 Å². The zero-order valence-electron chi connectivity index (χ0n) is 12.7. The van der Waals surface area contributed by atoms with E-state index < -0.39 is 5.97 Å². The molecule has 0 N–H and O–H groups in total. The van der Waals surface area contributed by atoms with E-state index in [0.717, 1.165) is 0 Å². The summed E-state index contributed by atoms with van der Waals surface area (Å²) in [6.07, 6.45) is 1.65. The molecule has 1 aromatic rings. The molecule has 5 heteroatoms. The lowest BCUT2D eigenvalue weighted by molar-refractivity contribution is -0.141. The third kappa shape index (κ3) is 4.95. The minimum absolute atomic E-state index is 0.0677. The predicted molar refractivity (Wildman–Crippen MR) is 80.3 cm³/mol. The van der Waals surface area contributed by atoms with Crippen LogP contribution in [0.4, 0.5) is 0 Å². The van der Waals surface area contributed by atoms with E-state index in [1.54, 1.807) is 30.3 Å². The second-order valence-corrected chi connectivity index (χ2v) is 4.73. The Balaban J connectivity index is 2.83. The zero-order valence-corrected chi connectivity index (χ0v) is 12.7. The van der Waals surface area contributed by atoms with Crippen molar-refractivity contribution in [3.8, 4) is 5.75 Å². The molecule has 0 bridgehead atoms. The fraction of sp³-hybridized carbons (Fsp3) is 0.375. The van der Waals surface area contributed by atoms with Gasteiger partial charge in [-0.2, -0.15) is 0 Å². The standard InChI is InChI=1S/C16H21NO4/c1-5-10-21-14-8-6-13(7-9-14)16(19)17(12(2)3)11-15(18)20-4/h5-9,12H,1,10-11H2,2-4H3. The number of carbonyl (C=O) groups is 2. The number of nitrogens with zero attached hydrogens (tertiary/aromatic N) is 1. The van der Waals surface area contributed by atoms with Gasteiger partial charge < -0.3 is 14.4 Å². The number of ether oxygens (including phenoxy) is 2. The van der Waals surface area contributed by atoms with E-state index in [0.29, 0.717) is 17.9 Å². The van der Waals surface area contributed by atoms with Crippen LogP contribution < -0.4 is 4.74 Å². The largest absolute Gasteiger partial charge is 0.490 e. The third-order valence-corrected chi connectivity index (χ3v) is 2.88. The molecule has 0 radical (unpaired) electrons. The van der Waals surface area contributed by atoms with Gasteiger partial charge in [-0.3, -0.25) is 9.59 Å². The van der Waals surface area contributed by atoms with Gasteiger partial charge in [0.1, 0.15) is 18.9 Å². The summed E-state index contributed by atoms with van der Waals surface area (Å²) in [6.45, 7) is 7.61. The van der Waals surface area contributed by atoms with Crippen LogP contribution in [0, 0.1) is 0 Å². The first kappa shape index (κ1) is 16.8. The molecule has 21 heavy (non-hydrogen) atoms. The summed E-state index contributed by atoms with van der Waals surface area (Å²) in [5.74, 6) is 0.00386. The molecule has 1 aromatic carbocycles. The molecular formula is C16H21NO4. The number of rotatable bonds is 7. The van der Waals surface area contributed by atoms with Crippen molar-refractivity contribution in [3.63, 3.8) is 0 Å². The number of amides is 1. The van der Waals surface area contributed by atoms with Gasteiger partial charge in [-0.1, -0.05) is 12.7 Å². The van der Waals surface area contributed by atoms with Crippen molar-refractivity contribution in [1.29, 1.82) is 0 Å². The summed E-state index contributed by atoms with van der Waals surface area (Å²) < 4.78 is 9.98. The highest BCUT2D eigenvalue weighted by atomic mass is 16.5. The highest BCUT2D eigenvalue weighted by Crippen LogP contribution is 2.15. The number of esters is 1. The maximum absolute atomic E-state index is 12.4. The Morgan fingerprint density at radius 3 is 2.38 bits per heavy atom. The first-order valence-corrected chi connectivity index (χ1v) is 6.71. The van der Waals surface area contributed by atoms with Crippen LogP contribution in [0.25, 0.3) is 0 Å². The van der Waals surface area contributed by atoms with Crippen LogP contribution >= 0.6 is 0 Å². The molecule has 0 aliphatic carbocycles. The van der Waals surface area contributed by atoms with Gasteiger partial charge in [0.2, 0.25) is 0 Å². The Morgan fingerprint density at radius 1 is 1.29 bits per heavy atom. The maximum Gasteiger partial charge on any atom is 0.325 e. The number of methoxy groups -OCH3 is 1. The first-order valence-electron chi connectivity index (χ1n) is 6.71. The van der Waals surface area contributed by atoms with Crippen LogP contribution in [0.1, 0.15) is 24.2 Å². The summed E-state index contributed by atoms with van der Waals surface area (Å²) >= 11 is 0. The van der Waals surface area contributed by atoms with E-state index in [1.165, 1.54) is 12.0 Å². The second-order valence-electron chi connectivity index (χ2n) is 4.73. The Hall–Kier alpha value is -2.30. The normalized spacial score (nSPS) is 10.1. The molecule has 0 fully saturated rings. The summed E-state index contributed by atoms with van der Waals surface area (Å²) in [5, 5.41) is 0. The third-order valence-electron chi connectivity index (χ3n) is 2.88. The monoisotopic (exact) mass is 291 g/mol. The van der Waals surface area contributed by atoms with E-state index in [1.807, 2.05) is 13.8 Å². The Labute approximate surface area is 125 Å². The van der Waals surface area contributed by atoms with Crippen molar-refractivity contribution in [2.24, 2.45) is 0 Å². The van der Waals surface area contributed by atoms with Crippen LogP contribution in [-0.4, -0.2) is 43.1 Å². The van der Waals surface area contributed by atoms with Crippen molar-refractivity contribution in [1.82, 2.24) is 4.90 Å². The van der Waals surface area contributed by atoms with E-state index in [2.05, 4.69) is 11.3 Å². The molecule has 0 aliphatic heterocycles. The smallest absolute Gasteiger partial charge is 0.325 e. The molecule has 114 valence electrons. The van der Waals surface area contributed by atoms with E-state index in [9.17, 15) is 9.59 Å². The first-order chi connectivity index (χ1) is 9.99. The quantitative estimate of drug-likeness (QED) is 0.571. The van der Waals surface area contributed by atoms with Gasteiger partial charge in [-0.05, 0) is 38.1 Å². The number of hydrogen-bond acceptors (Lipinski definition) is 4. The molecule has 0 heterocycles. The van der Waals surface area contributed by atoms with E-state index in [4.69, 9.17) is 4.74 Å². The average Bonchev–Trinajstić information content (AvgIpc) is 2.49. The van der Waals surface area contributed by atoms with Crippen LogP contribution in [0.2, 0.25) is 0 Å². The maximum atomic E-state index is 12.4. The highest BCUT2D eigenvalue weighted by molar-refractivity contribution is 5.96. The molecule has 0 atom stereocenters. The summed E-state index contributed by atoms with van der Waals surface area (Å²) in [5.41, 5.74) is 0.499. The van der Waals surface area contributed by atoms with Crippen molar-refractivity contribution < 1.29 is 19.1 Å². The second kappa shape index (κ2) is 8.09. The number of benzene rings is 1. The fourth-order valence-electron chi connectivity index (χ4n) is 1.71. The van der Waals surface area contributed by atoms with Crippen molar-refractivity contribution in [2.45, 2.75) is 19.9 Å². The number of hydrogen-bond donors (Lipinski definition) is 0. The molecule has 5 nitrogen and oxygen atoms in total. The van der Waals surface area contributed by atoms with Crippen LogP contribution in [0.5, 0.6) is 5.75 Å². The molecule has 0 unspecified atom stereocenters. The van der Waals surface area contributed by atoms with Crippen molar-refractivity contribution in [2.75, 3.05) is 20.3 Å². The molecule has 0 aliphatic rings. The molecule has 0 saturated carbocycles. The van der Waals surface area contributed by atoms with E-state index in [-0.39, 0.29) is 18.5 Å². The molecule has 1 amide bonds. The highest BCUT2D eigenvalue weighted by Gasteiger charge is 2.21. The molecule has 0 aromatic heterocycles. The lowest BCUT2D eigenvalue weighted by Gasteiger charge is -2.25. The van der Waals surface area contributed by atoms with Crippen molar-refractivity contribution >= 4 is 11.9 Å². The predicted octanol–water partition coefficient (Wildman–Crippen LogP) is 2.28. The molecule has 0 saturated heterocycles. The number of carbonyl (C=O) groups excluding carboxylic acids is 2. The van der Waals surface area contributed by atoms with Gasteiger partial charge in [0.15, 0.2) is 0 Å². The van der Waals surface area contributed by atoms with Crippen LogP contribution in [0.15, 0.2) is 36.9 Å². The van der Waals surface area contributed by atoms with Gasteiger partial charge in [0, 0.05) is 11.6 Å². The van der Waals surface area contributed by atoms with Gasteiger partial charge in [0.05, 0.1) is 7.11 Å². The minimum atomic E-state index is -0.442. The van der Waals surface area contributed by atoms with Crippen LogP contribution in [-0.2, 0) is 9.53 Å². The van der Waals surface area contributed by atoms with Crippen molar-refractivity contribution in [3.05, 3.63) is 42.5 Å². The van der Waals surface area contributed by atoms with Gasteiger partial charge in [-0.15, -0.1) is 0 Å². The van der Waals surface area contributed by atoms with Crippen LogP contribution in [0.3, 0.4) is 0 Å². The molecule has 1 rings (SSSR count). The Morgan fingerprint density at radius 2 is 1.90 bits per heavy atom. The Kier molecular flexibility index (Phi) is 6.46. The summed E-state index contributed by atoms with van der Waals surface area (Å²) in [6, 6.07) is 6.68. The molecule has 0 spiro atoms. The zero-order chi connectivity index (χ0) is 15.8. The van der Waals surface area contributed by atoms with Gasteiger partial charge >= 0.3 is 5.97 Å². The minimum Gasteiger partial charge on any atom is -0.490 e. The fourth-order valence-corrected chi connectivity index (χ4v) is 1.71. The summed E-state index contributed by atoms with van der Waals surface area (Å²) in [7, 11) is 1.30.